The van der Waals surface area contributed by atoms with Gasteiger partial charge in [-0.15, -0.1) is 11.8 Å². The minimum atomic E-state index is -4.31. The van der Waals surface area contributed by atoms with Crippen molar-refractivity contribution in [2.75, 3.05) is 24.7 Å². The number of benzene rings is 1. The molecule has 0 aliphatic rings. The fraction of sp³-hybridized carbons (Fsp3) is 0.364. The predicted octanol–water partition coefficient (Wildman–Crippen LogP) is 2.50. The first kappa shape index (κ1) is 14.8. The Balaban J connectivity index is 2.40. The minimum absolute atomic E-state index is 0.372. The van der Waals surface area contributed by atoms with Gasteiger partial charge in [0.05, 0.1) is 13.1 Å². The van der Waals surface area contributed by atoms with Crippen molar-refractivity contribution in [2.24, 2.45) is 0 Å². The number of carbonyl (C=O) groups is 1. The molecular formula is C11H13F3N2OS. The third-order valence-corrected chi connectivity index (χ3v) is 2.69. The van der Waals surface area contributed by atoms with Crippen LogP contribution in [0.3, 0.4) is 0 Å². The third-order valence-electron chi connectivity index (χ3n) is 1.96. The topological polar surface area (TPSA) is 41.1 Å². The molecule has 18 heavy (non-hydrogen) atoms. The number of alkyl halides is 3. The van der Waals surface area contributed by atoms with Crippen molar-refractivity contribution in [2.45, 2.75) is 11.1 Å². The maximum absolute atomic E-state index is 11.8. The average Bonchev–Trinajstić information content (AvgIpc) is 2.27. The second-order valence-corrected chi connectivity index (χ2v) is 4.38. The summed E-state index contributed by atoms with van der Waals surface area (Å²) < 4.78 is 35.5. The molecule has 7 heteroatoms. The van der Waals surface area contributed by atoms with Crippen LogP contribution in [-0.2, 0) is 4.79 Å². The molecule has 0 aliphatic heterocycles. The fourth-order valence-electron chi connectivity index (χ4n) is 1.22. The highest BCUT2D eigenvalue weighted by molar-refractivity contribution is 7.98. The minimum Gasteiger partial charge on any atom is -0.325 e. The van der Waals surface area contributed by atoms with Crippen LogP contribution in [0.2, 0.25) is 0 Å². The molecule has 2 N–H and O–H groups in total. The number of hydrogen-bond acceptors (Lipinski definition) is 3. The lowest BCUT2D eigenvalue weighted by atomic mass is 10.3. The molecule has 1 amide bonds. The summed E-state index contributed by atoms with van der Waals surface area (Å²) >= 11 is 1.52. The number of thioether (sulfide) groups is 1. The van der Waals surface area contributed by atoms with E-state index in [4.69, 9.17) is 0 Å². The largest absolute Gasteiger partial charge is 0.401 e. The van der Waals surface area contributed by atoms with Gasteiger partial charge in [0.25, 0.3) is 0 Å². The van der Waals surface area contributed by atoms with Crippen LogP contribution in [0.25, 0.3) is 0 Å². The molecule has 0 atom stereocenters. The van der Waals surface area contributed by atoms with E-state index >= 15 is 0 Å². The SMILES string of the molecule is CSc1cccc(NC(=O)CNCC(F)(F)F)c1. The van der Waals surface area contributed by atoms with Crippen LogP contribution in [0.1, 0.15) is 0 Å². The molecule has 0 fully saturated rings. The van der Waals surface area contributed by atoms with Crippen molar-refractivity contribution in [3.8, 4) is 0 Å². The van der Waals surface area contributed by atoms with E-state index in [1.54, 1.807) is 18.2 Å². The molecule has 100 valence electrons. The van der Waals surface area contributed by atoms with Crippen LogP contribution < -0.4 is 10.6 Å². The van der Waals surface area contributed by atoms with E-state index in [-0.39, 0.29) is 6.54 Å². The molecule has 0 aliphatic carbocycles. The van der Waals surface area contributed by atoms with Crippen LogP contribution in [0.5, 0.6) is 0 Å². The molecule has 0 bridgehead atoms. The van der Waals surface area contributed by atoms with E-state index in [1.807, 2.05) is 17.6 Å². The molecule has 1 rings (SSSR count). The third kappa shape index (κ3) is 5.92. The lowest BCUT2D eigenvalue weighted by molar-refractivity contribution is -0.126. The van der Waals surface area contributed by atoms with E-state index in [2.05, 4.69) is 5.32 Å². The normalized spacial score (nSPS) is 11.3. The summed E-state index contributed by atoms with van der Waals surface area (Å²) in [5.74, 6) is -0.502. The van der Waals surface area contributed by atoms with Gasteiger partial charge in [-0.3, -0.25) is 4.79 Å². The Bertz CT molecular complexity index is 410. The number of hydrogen-bond donors (Lipinski definition) is 2. The van der Waals surface area contributed by atoms with E-state index in [1.165, 1.54) is 11.8 Å². The molecular weight excluding hydrogens is 265 g/mol. The Morgan fingerprint density at radius 3 is 2.72 bits per heavy atom. The first-order valence-electron chi connectivity index (χ1n) is 5.12. The summed E-state index contributed by atoms with van der Waals surface area (Å²) in [7, 11) is 0. The van der Waals surface area contributed by atoms with Crippen molar-refractivity contribution >= 4 is 23.4 Å². The molecule has 3 nitrogen and oxygen atoms in total. The second kappa shape index (κ2) is 6.65. The maximum atomic E-state index is 11.8. The summed E-state index contributed by atoms with van der Waals surface area (Å²) in [5, 5.41) is 4.55. The molecule has 0 saturated carbocycles. The van der Waals surface area contributed by atoms with Crippen molar-refractivity contribution in [1.29, 1.82) is 0 Å². The van der Waals surface area contributed by atoms with Gasteiger partial charge in [0.15, 0.2) is 0 Å². The number of amides is 1. The summed E-state index contributed by atoms with van der Waals surface area (Å²) in [6, 6.07) is 7.08. The Kier molecular flexibility index (Phi) is 5.49. The standard InChI is InChI=1S/C11H13F3N2OS/c1-18-9-4-2-3-8(5-9)16-10(17)6-15-7-11(12,13)14/h2-5,15H,6-7H2,1H3,(H,16,17). The van der Waals surface area contributed by atoms with Crippen LogP contribution >= 0.6 is 11.8 Å². The number of carbonyl (C=O) groups excluding carboxylic acids is 1. The van der Waals surface area contributed by atoms with Gasteiger partial charge in [-0.25, -0.2) is 0 Å². The molecule has 0 heterocycles. The highest BCUT2D eigenvalue weighted by atomic mass is 32.2. The van der Waals surface area contributed by atoms with Crippen molar-refractivity contribution in [1.82, 2.24) is 5.32 Å². The highest BCUT2D eigenvalue weighted by Crippen LogP contribution is 2.18. The number of anilines is 1. The monoisotopic (exact) mass is 278 g/mol. The van der Waals surface area contributed by atoms with Gasteiger partial charge in [-0.1, -0.05) is 6.07 Å². The smallest absolute Gasteiger partial charge is 0.325 e. The van der Waals surface area contributed by atoms with Crippen LogP contribution in [-0.4, -0.2) is 31.4 Å². The summed E-state index contributed by atoms with van der Waals surface area (Å²) in [6.45, 7) is -1.55. The number of rotatable bonds is 5. The average molecular weight is 278 g/mol. The molecule has 1 aromatic carbocycles. The summed E-state index contributed by atoms with van der Waals surface area (Å²) in [4.78, 5) is 12.3. The van der Waals surface area contributed by atoms with Gasteiger partial charge in [-0.2, -0.15) is 13.2 Å². The zero-order valence-corrected chi connectivity index (χ0v) is 10.5. The van der Waals surface area contributed by atoms with Crippen molar-refractivity contribution < 1.29 is 18.0 Å². The number of halogens is 3. The van der Waals surface area contributed by atoms with Crippen LogP contribution in [0.15, 0.2) is 29.2 Å². The summed E-state index contributed by atoms with van der Waals surface area (Å²) in [5.41, 5.74) is 0.570. The summed E-state index contributed by atoms with van der Waals surface area (Å²) in [6.07, 6.45) is -2.41. The second-order valence-electron chi connectivity index (χ2n) is 3.50. The first-order chi connectivity index (χ1) is 8.40. The van der Waals surface area contributed by atoms with Crippen LogP contribution in [0.4, 0.5) is 18.9 Å². The Labute approximate surface area is 107 Å². The highest BCUT2D eigenvalue weighted by Gasteiger charge is 2.26. The zero-order valence-electron chi connectivity index (χ0n) is 9.67. The van der Waals surface area contributed by atoms with Gasteiger partial charge in [0.1, 0.15) is 0 Å². The maximum Gasteiger partial charge on any atom is 0.401 e. The van der Waals surface area contributed by atoms with E-state index < -0.39 is 18.6 Å². The Hall–Kier alpha value is -1.21. The molecule has 0 saturated heterocycles. The van der Waals surface area contributed by atoms with Gasteiger partial charge in [0, 0.05) is 10.6 Å². The number of nitrogens with one attached hydrogen (secondary N) is 2. The quantitative estimate of drug-likeness (QED) is 0.813. The molecule has 0 aromatic heterocycles. The Morgan fingerprint density at radius 2 is 2.11 bits per heavy atom. The van der Waals surface area contributed by atoms with E-state index in [9.17, 15) is 18.0 Å². The molecule has 0 unspecified atom stereocenters. The zero-order chi connectivity index (χ0) is 13.6. The van der Waals surface area contributed by atoms with Crippen molar-refractivity contribution in [3.63, 3.8) is 0 Å². The van der Waals surface area contributed by atoms with Gasteiger partial charge in [0.2, 0.25) is 5.91 Å². The molecule has 0 spiro atoms. The predicted molar refractivity (Wildman–Crippen MR) is 65.8 cm³/mol. The van der Waals surface area contributed by atoms with Gasteiger partial charge >= 0.3 is 6.18 Å². The van der Waals surface area contributed by atoms with Gasteiger partial charge < -0.3 is 10.6 Å². The fourth-order valence-corrected chi connectivity index (χ4v) is 1.68. The first-order valence-corrected chi connectivity index (χ1v) is 6.34. The van der Waals surface area contributed by atoms with Crippen LogP contribution in [0, 0.1) is 0 Å². The molecule has 1 aromatic rings. The lowest BCUT2D eigenvalue weighted by Crippen LogP contribution is -2.35. The lowest BCUT2D eigenvalue weighted by Gasteiger charge is -2.09. The molecule has 0 radical (unpaired) electrons. The van der Waals surface area contributed by atoms with Gasteiger partial charge in [-0.05, 0) is 24.5 Å². The van der Waals surface area contributed by atoms with E-state index in [0.29, 0.717) is 5.69 Å². The Morgan fingerprint density at radius 1 is 1.39 bits per heavy atom. The van der Waals surface area contributed by atoms with Crippen molar-refractivity contribution in [3.05, 3.63) is 24.3 Å². The van der Waals surface area contributed by atoms with E-state index in [0.717, 1.165) is 4.90 Å².